The average Bonchev–Trinajstić information content (AvgIpc) is 2.05. The highest BCUT2D eigenvalue weighted by Crippen LogP contribution is 2.31. The van der Waals surface area contributed by atoms with Crippen LogP contribution in [-0.4, -0.2) is 7.11 Å². The molecule has 0 radical (unpaired) electrons. The van der Waals surface area contributed by atoms with Gasteiger partial charge in [0.15, 0.2) is 0 Å². The van der Waals surface area contributed by atoms with Crippen LogP contribution in [0.5, 0.6) is 5.75 Å². The quantitative estimate of drug-likeness (QED) is 0.585. The molecular formula is C9H10BrIO. The van der Waals surface area contributed by atoms with Gasteiger partial charge in [0, 0.05) is 3.92 Å². The normalized spacial score (nSPS) is 12.7. The molecule has 1 aromatic rings. The molecule has 0 saturated heterocycles. The third-order valence-corrected chi connectivity index (χ3v) is 3.01. The topological polar surface area (TPSA) is 9.23 Å². The van der Waals surface area contributed by atoms with E-state index in [0.29, 0.717) is 3.92 Å². The number of ether oxygens (including phenoxy) is 1. The summed E-state index contributed by atoms with van der Waals surface area (Å²) >= 11 is 5.79. The van der Waals surface area contributed by atoms with Crippen LogP contribution in [0, 0.1) is 0 Å². The van der Waals surface area contributed by atoms with E-state index < -0.39 is 0 Å². The zero-order chi connectivity index (χ0) is 9.14. The Hall–Kier alpha value is 0.230. The number of hydrogen-bond donors (Lipinski definition) is 0. The van der Waals surface area contributed by atoms with Crippen LogP contribution in [0.4, 0.5) is 0 Å². The van der Waals surface area contributed by atoms with E-state index in [1.54, 1.807) is 7.11 Å². The van der Waals surface area contributed by atoms with E-state index in [9.17, 15) is 0 Å². The largest absolute Gasteiger partial charge is 0.496 e. The molecule has 1 nitrogen and oxygen atoms in total. The van der Waals surface area contributed by atoms with Gasteiger partial charge in [0.25, 0.3) is 0 Å². The van der Waals surface area contributed by atoms with Crippen molar-refractivity contribution in [2.24, 2.45) is 0 Å². The lowest BCUT2D eigenvalue weighted by Gasteiger charge is -2.07. The molecule has 1 aromatic carbocycles. The van der Waals surface area contributed by atoms with Crippen LogP contribution in [0.2, 0.25) is 0 Å². The molecule has 0 amide bonds. The van der Waals surface area contributed by atoms with Crippen molar-refractivity contribution in [3.8, 4) is 5.75 Å². The van der Waals surface area contributed by atoms with Crippen molar-refractivity contribution < 1.29 is 4.74 Å². The maximum atomic E-state index is 5.19. The number of hydrogen-bond acceptors (Lipinski definition) is 1. The summed E-state index contributed by atoms with van der Waals surface area (Å²) in [6, 6.07) is 6.17. The first-order valence-electron chi connectivity index (χ1n) is 3.62. The fourth-order valence-electron chi connectivity index (χ4n) is 0.924. The summed E-state index contributed by atoms with van der Waals surface area (Å²) in [5.74, 6) is 0.899. The molecule has 66 valence electrons. The molecule has 3 heteroatoms. The van der Waals surface area contributed by atoms with E-state index in [1.165, 1.54) is 5.56 Å². The molecule has 0 saturated carbocycles. The molecule has 0 aromatic heterocycles. The van der Waals surface area contributed by atoms with E-state index in [1.807, 2.05) is 6.07 Å². The molecule has 0 aliphatic heterocycles. The molecule has 1 rings (SSSR count). The summed E-state index contributed by atoms with van der Waals surface area (Å²) in [6.07, 6.45) is 0. The van der Waals surface area contributed by atoms with E-state index in [-0.39, 0.29) is 0 Å². The van der Waals surface area contributed by atoms with Gasteiger partial charge in [-0.05, 0) is 40.5 Å². The molecule has 0 unspecified atom stereocenters. The number of benzene rings is 1. The van der Waals surface area contributed by atoms with Crippen molar-refractivity contribution in [1.29, 1.82) is 0 Å². The minimum Gasteiger partial charge on any atom is -0.496 e. The van der Waals surface area contributed by atoms with Gasteiger partial charge in [-0.15, -0.1) is 0 Å². The van der Waals surface area contributed by atoms with Gasteiger partial charge in [-0.1, -0.05) is 28.7 Å². The molecular weight excluding hydrogens is 331 g/mol. The van der Waals surface area contributed by atoms with Crippen LogP contribution >= 0.6 is 38.5 Å². The van der Waals surface area contributed by atoms with E-state index in [4.69, 9.17) is 4.74 Å². The van der Waals surface area contributed by atoms with Crippen molar-refractivity contribution in [1.82, 2.24) is 0 Å². The van der Waals surface area contributed by atoms with Gasteiger partial charge in [0.2, 0.25) is 0 Å². The van der Waals surface area contributed by atoms with Crippen molar-refractivity contribution in [3.63, 3.8) is 0 Å². The van der Waals surface area contributed by atoms with Gasteiger partial charge in [-0.25, -0.2) is 0 Å². The molecule has 12 heavy (non-hydrogen) atoms. The van der Waals surface area contributed by atoms with Crippen LogP contribution in [-0.2, 0) is 0 Å². The van der Waals surface area contributed by atoms with Gasteiger partial charge >= 0.3 is 0 Å². The maximum Gasteiger partial charge on any atom is 0.133 e. The highest BCUT2D eigenvalue weighted by molar-refractivity contribution is 14.1. The van der Waals surface area contributed by atoms with Gasteiger partial charge < -0.3 is 4.74 Å². The Morgan fingerprint density at radius 3 is 2.67 bits per heavy atom. The second-order valence-electron chi connectivity index (χ2n) is 2.51. The monoisotopic (exact) mass is 340 g/mol. The van der Waals surface area contributed by atoms with Gasteiger partial charge in [-0.2, -0.15) is 0 Å². The predicted molar refractivity (Wildman–Crippen MR) is 63.1 cm³/mol. The molecule has 0 heterocycles. The van der Waals surface area contributed by atoms with Crippen molar-refractivity contribution >= 4 is 38.5 Å². The molecule has 1 atom stereocenters. The fourth-order valence-corrected chi connectivity index (χ4v) is 1.72. The minimum absolute atomic E-state index is 0.518. The zero-order valence-corrected chi connectivity index (χ0v) is 10.7. The van der Waals surface area contributed by atoms with Gasteiger partial charge in [0.1, 0.15) is 5.75 Å². The number of methoxy groups -OCH3 is 1. The molecule has 0 fully saturated rings. The van der Waals surface area contributed by atoms with Crippen LogP contribution in [0.3, 0.4) is 0 Å². The summed E-state index contributed by atoms with van der Waals surface area (Å²) in [5, 5.41) is 0. The Kier molecular flexibility index (Phi) is 3.83. The lowest BCUT2D eigenvalue weighted by molar-refractivity contribution is 0.411. The molecule has 0 spiro atoms. The van der Waals surface area contributed by atoms with Gasteiger partial charge in [-0.3, -0.25) is 0 Å². The Morgan fingerprint density at radius 1 is 1.50 bits per heavy atom. The predicted octanol–water partition coefficient (Wildman–Crippen LogP) is 3.95. The van der Waals surface area contributed by atoms with Crippen molar-refractivity contribution in [3.05, 3.63) is 28.2 Å². The Morgan fingerprint density at radius 2 is 2.17 bits per heavy atom. The van der Waals surface area contributed by atoms with Crippen LogP contribution in [0.15, 0.2) is 22.7 Å². The molecule has 0 aliphatic carbocycles. The van der Waals surface area contributed by atoms with Crippen molar-refractivity contribution in [2.75, 3.05) is 7.11 Å². The number of rotatable bonds is 2. The third kappa shape index (κ3) is 2.36. The SMILES string of the molecule is COc1cc([C@@H](C)I)ccc1Br. The Labute approximate surface area is 94.8 Å². The maximum absolute atomic E-state index is 5.19. The number of alkyl halides is 1. The smallest absolute Gasteiger partial charge is 0.133 e. The summed E-state index contributed by atoms with van der Waals surface area (Å²) in [4.78, 5) is 0. The fraction of sp³-hybridized carbons (Fsp3) is 0.333. The molecule has 0 bridgehead atoms. The minimum atomic E-state index is 0.518. The highest BCUT2D eigenvalue weighted by Gasteiger charge is 2.04. The van der Waals surface area contributed by atoms with E-state index >= 15 is 0 Å². The first-order chi connectivity index (χ1) is 5.65. The summed E-state index contributed by atoms with van der Waals surface area (Å²) in [7, 11) is 1.68. The van der Waals surface area contributed by atoms with Crippen LogP contribution < -0.4 is 4.74 Å². The lowest BCUT2D eigenvalue weighted by atomic mass is 10.2. The highest BCUT2D eigenvalue weighted by atomic mass is 127. The Bertz CT molecular complexity index is 273. The molecule has 0 N–H and O–H groups in total. The summed E-state index contributed by atoms with van der Waals surface area (Å²) in [5.41, 5.74) is 1.29. The first-order valence-corrected chi connectivity index (χ1v) is 5.66. The van der Waals surface area contributed by atoms with E-state index in [0.717, 1.165) is 10.2 Å². The second-order valence-corrected chi connectivity index (χ2v) is 5.23. The standard InChI is InChI=1S/C9H10BrIO/c1-6(11)7-3-4-8(10)9(5-7)12-2/h3-6H,1-2H3/t6-/m1/s1. The summed E-state index contributed by atoms with van der Waals surface area (Å²) in [6.45, 7) is 2.16. The second kappa shape index (κ2) is 4.46. The lowest BCUT2D eigenvalue weighted by Crippen LogP contribution is -1.88. The Balaban J connectivity index is 3.05. The average molecular weight is 341 g/mol. The zero-order valence-electron chi connectivity index (χ0n) is 6.97. The summed E-state index contributed by atoms with van der Waals surface area (Å²) < 4.78 is 6.71. The molecule has 0 aliphatic rings. The number of halogens is 2. The first kappa shape index (κ1) is 10.3. The van der Waals surface area contributed by atoms with E-state index in [2.05, 4.69) is 57.6 Å². The van der Waals surface area contributed by atoms with Crippen molar-refractivity contribution in [2.45, 2.75) is 10.8 Å². The third-order valence-electron chi connectivity index (χ3n) is 1.63. The van der Waals surface area contributed by atoms with Gasteiger partial charge in [0.05, 0.1) is 11.6 Å². The van der Waals surface area contributed by atoms with Crippen LogP contribution in [0.1, 0.15) is 16.4 Å². The van der Waals surface area contributed by atoms with Crippen LogP contribution in [0.25, 0.3) is 0 Å².